The van der Waals surface area contributed by atoms with E-state index in [9.17, 15) is 43.6 Å². The van der Waals surface area contributed by atoms with Crippen LogP contribution in [-0.2, 0) is 23.9 Å². The Bertz CT molecular complexity index is 2940. The van der Waals surface area contributed by atoms with Crippen molar-refractivity contribution in [3.05, 3.63) is 87.9 Å². The lowest BCUT2D eigenvalue weighted by molar-refractivity contribution is -0.164. The number of imide groups is 2. The molecule has 1 unspecified atom stereocenters. The van der Waals surface area contributed by atoms with Crippen LogP contribution in [0.4, 0.5) is 21.0 Å². The fraction of sp³-hybridized carbons (Fsp3) is 0.542. The minimum Gasteiger partial charge on any atom is -0.489 e. The number of nitriles is 1. The molecule has 0 aromatic heterocycles. The smallest absolute Gasteiger partial charge is 0.408 e. The van der Waals surface area contributed by atoms with Crippen molar-refractivity contribution in [3.63, 3.8) is 0 Å². The maximum Gasteiger partial charge on any atom is 0.408 e. The summed E-state index contributed by atoms with van der Waals surface area (Å²) in [5.74, 6) is -2.55. The predicted molar refractivity (Wildman–Crippen MR) is 302 cm³/mol. The van der Waals surface area contributed by atoms with E-state index in [1.807, 2.05) is 30.3 Å². The number of alkyl carbamates (subject to hydrolysis) is 2. The molecule has 1 aliphatic carbocycles. The van der Waals surface area contributed by atoms with E-state index in [4.69, 9.17) is 25.8 Å². The first-order valence-corrected chi connectivity index (χ1v) is 28.2. The zero-order chi connectivity index (χ0) is 58.7. The van der Waals surface area contributed by atoms with Gasteiger partial charge in [0, 0.05) is 105 Å². The zero-order valence-corrected chi connectivity index (χ0v) is 48.4. The Morgan fingerprint density at radius 2 is 1.41 bits per heavy atom. The highest BCUT2D eigenvalue weighted by Gasteiger charge is 2.64. The molecule has 3 aromatic rings. The topological polar surface area (TPSA) is 252 Å². The van der Waals surface area contributed by atoms with E-state index >= 15 is 0 Å². The number of carbonyl (C=O) groups is 8. The lowest BCUT2D eigenvalue weighted by Crippen LogP contribution is -2.74. The van der Waals surface area contributed by atoms with Gasteiger partial charge in [0.05, 0.1) is 21.7 Å². The highest BCUT2D eigenvalue weighted by Crippen LogP contribution is 2.55. The van der Waals surface area contributed by atoms with Crippen LogP contribution in [0.25, 0.3) is 0 Å². The lowest BCUT2D eigenvalue weighted by atomic mass is 9.49. The molecular formula is C59H75ClN10O11. The van der Waals surface area contributed by atoms with Gasteiger partial charge < -0.3 is 45.3 Å². The Morgan fingerprint density at radius 1 is 0.778 bits per heavy atom. The largest absolute Gasteiger partial charge is 0.489 e. The van der Waals surface area contributed by atoms with Gasteiger partial charge in [0.2, 0.25) is 11.8 Å². The van der Waals surface area contributed by atoms with Crippen molar-refractivity contribution < 1.29 is 52.6 Å². The Balaban J connectivity index is 0.751. The number of rotatable bonds is 17. The number of piperidine rings is 2. The molecule has 22 heteroatoms. The summed E-state index contributed by atoms with van der Waals surface area (Å²) in [6.07, 6.45) is -0.116. The molecule has 0 spiro atoms. The van der Waals surface area contributed by atoms with Gasteiger partial charge >= 0.3 is 12.2 Å². The number of hydrogen-bond acceptors (Lipinski definition) is 15. The van der Waals surface area contributed by atoms with Crippen molar-refractivity contribution >= 4 is 70.6 Å². The van der Waals surface area contributed by atoms with Crippen molar-refractivity contribution in [2.75, 3.05) is 75.4 Å². The van der Waals surface area contributed by atoms with E-state index in [1.54, 1.807) is 65.0 Å². The number of carbonyl (C=O) groups excluding carboxylic acids is 8. The van der Waals surface area contributed by atoms with Crippen LogP contribution < -0.4 is 35.8 Å². The highest BCUT2D eigenvalue weighted by molar-refractivity contribution is 6.31. The summed E-state index contributed by atoms with van der Waals surface area (Å²) in [5.41, 5.74) is 1.68. The minimum absolute atomic E-state index is 0.0276. The molecule has 4 N–H and O–H groups in total. The maximum atomic E-state index is 13.9. The van der Waals surface area contributed by atoms with Crippen molar-refractivity contribution in [3.8, 4) is 11.8 Å². The van der Waals surface area contributed by atoms with Gasteiger partial charge in [-0.3, -0.25) is 38.6 Å². The molecule has 4 fully saturated rings. The summed E-state index contributed by atoms with van der Waals surface area (Å²) in [4.78, 5) is 114. The van der Waals surface area contributed by atoms with Gasteiger partial charge in [0.1, 0.15) is 35.6 Å². The third-order valence-electron chi connectivity index (χ3n) is 16.1. The SMILES string of the molecule is CC(C)[C@H](NC(=O)OC(C)(C)C)C(=O)NCCNC(=O)OCN1C(=O)CCC(N2C(=O)c3ccc(N4CCN(CC5CCN(c6ccc(C(=O)NC7C(C)(C)C(Oc8ccc(C#N)c(Cl)c8)C7(C)C)cc6)CC5)CC4)cc3C2=O)C1=O. The average molecular weight is 1140 g/mol. The minimum atomic E-state index is -1.28. The Morgan fingerprint density at radius 3 is 2.04 bits per heavy atom. The number of hydrogen-bond donors (Lipinski definition) is 4. The lowest BCUT2D eigenvalue weighted by Gasteiger charge is -2.63. The number of piperazine rings is 1. The predicted octanol–water partition coefficient (Wildman–Crippen LogP) is 6.33. The van der Waals surface area contributed by atoms with Crippen LogP contribution in [0.1, 0.15) is 125 Å². The van der Waals surface area contributed by atoms with Gasteiger partial charge in [0.25, 0.3) is 23.6 Å². The van der Waals surface area contributed by atoms with Crippen LogP contribution in [0, 0.1) is 34.0 Å². The van der Waals surface area contributed by atoms with Crippen LogP contribution in [-0.4, -0.2) is 158 Å². The van der Waals surface area contributed by atoms with Gasteiger partial charge in [-0.05, 0) is 106 Å². The molecule has 434 valence electrons. The summed E-state index contributed by atoms with van der Waals surface area (Å²) in [7, 11) is 0. The quantitative estimate of drug-likeness (QED) is 0.0852. The summed E-state index contributed by atoms with van der Waals surface area (Å²) in [6, 6.07) is 17.7. The summed E-state index contributed by atoms with van der Waals surface area (Å²) >= 11 is 6.27. The molecule has 4 aliphatic heterocycles. The van der Waals surface area contributed by atoms with Gasteiger partial charge in [-0.1, -0.05) is 53.1 Å². The molecule has 8 rings (SSSR count). The van der Waals surface area contributed by atoms with Gasteiger partial charge in [-0.15, -0.1) is 0 Å². The fourth-order valence-corrected chi connectivity index (χ4v) is 12.3. The molecule has 2 atom stereocenters. The van der Waals surface area contributed by atoms with Crippen LogP contribution in [0.2, 0.25) is 5.02 Å². The fourth-order valence-electron chi connectivity index (χ4n) is 12.1. The first-order valence-electron chi connectivity index (χ1n) is 27.8. The number of benzene rings is 3. The normalized spacial score (nSPS) is 21.4. The molecule has 0 bridgehead atoms. The van der Waals surface area contributed by atoms with E-state index in [0.29, 0.717) is 45.8 Å². The molecule has 3 aromatic carbocycles. The molecule has 0 radical (unpaired) electrons. The zero-order valence-electron chi connectivity index (χ0n) is 47.7. The Kier molecular flexibility index (Phi) is 17.9. The number of amides is 8. The highest BCUT2D eigenvalue weighted by atomic mass is 35.5. The number of halogens is 1. The monoisotopic (exact) mass is 1130 g/mol. The molecule has 81 heavy (non-hydrogen) atoms. The molecule has 1 saturated carbocycles. The number of likely N-dealkylation sites (tertiary alicyclic amines) is 1. The van der Waals surface area contributed by atoms with E-state index in [0.717, 1.165) is 61.8 Å². The van der Waals surface area contributed by atoms with Crippen molar-refractivity contribution in [2.24, 2.45) is 22.7 Å². The second-order valence-electron chi connectivity index (χ2n) is 24.1. The van der Waals surface area contributed by atoms with Gasteiger partial charge in [-0.25, -0.2) is 14.5 Å². The standard InChI is InChI=1S/C59H75ClN10O11/c1-35(2)47(64-56(78)81-57(3,4)5)49(73)62-22-23-63-55(77)79-34-69-46(71)19-18-45(52(69)76)70-50(74)42-17-15-40(30-43(42)51(70)75)68-28-26-66(27-29-68)33-36-20-24-67(25-21-36)39-13-10-37(11-14-39)48(72)65-53-58(6,7)54(59(53,8)9)80-41-16-12-38(32-61)44(60)31-41/h10-17,30-31,35-36,45,47,53-54H,18-29,33-34H2,1-9H3,(H,62,73)(H,63,77)(H,64,78)(H,65,72)/t45?,47-,53?,54?/m0/s1. The average Bonchev–Trinajstić information content (AvgIpc) is 2.07. The summed E-state index contributed by atoms with van der Waals surface area (Å²) in [5, 5.41) is 20.5. The first-order chi connectivity index (χ1) is 38.3. The van der Waals surface area contributed by atoms with E-state index in [1.165, 1.54) is 0 Å². The second-order valence-corrected chi connectivity index (χ2v) is 24.5. The summed E-state index contributed by atoms with van der Waals surface area (Å²) < 4.78 is 16.8. The molecule has 8 amide bonds. The van der Waals surface area contributed by atoms with Crippen molar-refractivity contribution in [1.82, 2.24) is 36.0 Å². The molecule has 5 aliphatic rings. The van der Waals surface area contributed by atoms with Gasteiger partial charge in [-0.2, -0.15) is 5.26 Å². The third kappa shape index (κ3) is 13.3. The number of fused-ring (bicyclic) bond motifs is 1. The van der Waals surface area contributed by atoms with Crippen LogP contribution in [0.3, 0.4) is 0 Å². The molecule has 3 saturated heterocycles. The van der Waals surface area contributed by atoms with E-state index < -0.39 is 66.1 Å². The van der Waals surface area contributed by atoms with Crippen molar-refractivity contribution in [1.29, 1.82) is 5.26 Å². The maximum absolute atomic E-state index is 13.9. The molecular weight excluding hydrogens is 1060 g/mol. The number of ether oxygens (including phenoxy) is 3. The third-order valence-corrected chi connectivity index (χ3v) is 16.4. The first kappa shape index (κ1) is 59.7. The molecule has 4 heterocycles. The van der Waals surface area contributed by atoms with E-state index in [-0.39, 0.29) is 71.9 Å². The number of nitrogens with one attached hydrogen (secondary N) is 4. The number of anilines is 2. The van der Waals surface area contributed by atoms with Gasteiger partial charge in [0.15, 0.2) is 6.73 Å². The Hall–Kier alpha value is -7.44. The second kappa shape index (κ2) is 24.3. The van der Waals surface area contributed by atoms with Crippen LogP contribution >= 0.6 is 11.6 Å². The summed E-state index contributed by atoms with van der Waals surface area (Å²) in [6.45, 7) is 21.9. The Labute approximate surface area is 478 Å². The van der Waals surface area contributed by atoms with E-state index in [2.05, 4.69) is 69.7 Å². The number of nitrogens with zero attached hydrogens (tertiary/aromatic N) is 6. The molecule has 21 nitrogen and oxygen atoms in total. The van der Waals surface area contributed by atoms with Crippen molar-refractivity contribution in [2.45, 2.75) is 118 Å². The van der Waals surface area contributed by atoms with Crippen LogP contribution in [0.15, 0.2) is 60.7 Å². The van der Waals surface area contributed by atoms with Crippen LogP contribution in [0.5, 0.6) is 5.75 Å².